The van der Waals surface area contributed by atoms with E-state index in [9.17, 15) is 9.59 Å². The zero-order valence-corrected chi connectivity index (χ0v) is 22.6. The van der Waals surface area contributed by atoms with Crippen molar-refractivity contribution in [2.24, 2.45) is 7.05 Å². The number of hydrogen-bond donors (Lipinski definition) is 4. The molecule has 5 N–H and O–H groups in total. The second-order valence-electron chi connectivity index (χ2n) is 8.30. The molecule has 37 heavy (non-hydrogen) atoms. The van der Waals surface area contributed by atoms with Crippen molar-refractivity contribution in [3.05, 3.63) is 45.5 Å². The van der Waals surface area contributed by atoms with Crippen LogP contribution in [-0.2, 0) is 16.5 Å². The highest BCUT2D eigenvalue weighted by Gasteiger charge is 2.31. The summed E-state index contributed by atoms with van der Waals surface area (Å²) < 4.78 is 15.4. The number of nitrogens with two attached hydrogens (primary N) is 1. The van der Waals surface area contributed by atoms with Crippen molar-refractivity contribution in [1.82, 2.24) is 14.1 Å². The fraction of sp³-hybridized carbons (Fsp3) is 0.667. The summed E-state index contributed by atoms with van der Waals surface area (Å²) in [7, 11) is 6.28. The number of nitrogen functional groups attached to an aromatic ring is 1. The Morgan fingerprint density at radius 2 is 1.65 bits per heavy atom. The van der Waals surface area contributed by atoms with Gasteiger partial charge in [-0.25, -0.2) is 4.79 Å². The van der Waals surface area contributed by atoms with E-state index >= 15 is 0 Å². The van der Waals surface area contributed by atoms with Gasteiger partial charge in [-0.15, -0.1) is 0 Å². The number of aromatic nitrogens is 4. The van der Waals surface area contributed by atoms with Crippen molar-refractivity contribution in [3.8, 4) is 0 Å². The Morgan fingerprint density at radius 1 is 1.05 bits per heavy atom. The normalized spacial score (nSPS) is 22.1. The van der Waals surface area contributed by atoms with E-state index in [2.05, 4.69) is 4.98 Å². The standard InChI is InChI=1S/C11H17N3O3.C10H15N3O3.C2H6.CH4O/c1-13(2)9-5-6-14(11(16)12-9)10-4-3-8(7-15)17-10;1-12-8(11)4-5-13(10(12)15)9-3-2-7(6-14)16-9;2*1-2/h5-6,8,10,15H,3-4,7H2,1-2H3;4-5,7,9,11,14H,2-3,6H2,1H3;1-2H3;2H,1H3/p+1. The first kappa shape index (κ1) is 32.2. The zero-order valence-electron chi connectivity index (χ0n) is 22.6. The summed E-state index contributed by atoms with van der Waals surface area (Å²) in [5.74, 6) is 1.04. The first-order chi connectivity index (χ1) is 17.7. The molecule has 0 saturated carbocycles. The molecule has 2 saturated heterocycles. The van der Waals surface area contributed by atoms with E-state index < -0.39 is 0 Å². The monoisotopic (exact) mass is 527 g/mol. The lowest BCUT2D eigenvalue weighted by molar-refractivity contribution is -0.775. The maximum atomic E-state index is 11.9. The lowest BCUT2D eigenvalue weighted by Gasteiger charge is -2.16. The van der Waals surface area contributed by atoms with Gasteiger partial charge in [0.05, 0.1) is 32.5 Å². The first-order valence-corrected chi connectivity index (χ1v) is 12.4. The molecule has 13 nitrogen and oxygen atoms in total. The van der Waals surface area contributed by atoms with E-state index in [4.69, 9.17) is 30.5 Å². The second kappa shape index (κ2) is 16.1. The number of ether oxygens (including phenoxy) is 2. The molecule has 2 aromatic rings. The Morgan fingerprint density at radius 3 is 2.16 bits per heavy atom. The molecule has 2 aliphatic heterocycles. The molecule has 2 fully saturated rings. The Labute approximate surface area is 217 Å². The topological polar surface area (TPSA) is 169 Å². The van der Waals surface area contributed by atoms with Crippen molar-refractivity contribution < 1.29 is 29.4 Å². The SMILES string of the molecule is CC.CN(C)c1ccn(C2CCC(CO)O2)c(=O)n1.CO.Cn1c(N)cc[n+](C2CCC(CO)O2)c1=O. The van der Waals surface area contributed by atoms with E-state index in [-0.39, 0.29) is 49.3 Å². The Hall–Kier alpha value is -2.84. The minimum Gasteiger partial charge on any atom is -0.400 e. The predicted octanol–water partition coefficient (Wildman–Crippen LogP) is -0.461. The van der Waals surface area contributed by atoms with Gasteiger partial charge >= 0.3 is 11.4 Å². The summed E-state index contributed by atoms with van der Waals surface area (Å²) in [4.78, 5) is 29.4. The van der Waals surface area contributed by atoms with Gasteiger partial charge in [-0.2, -0.15) is 18.9 Å². The highest BCUT2D eigenvalue weighted by atomic mass is 16.5. The molecular formula is C24H43N6O7+. The minimum atomic E-state index is -0.320. The average molecular weight is 528 g/mol. The van der Waals surface area contributed by atoms with Gasteiger partial charge in [-0.1, -0.05) is 13.8 Å². The minimum absolute atomic E-state index is 0.00550. The van der Waals surface area contributed by atoms with Crippen molar-refractivity contribution >= 4 is 11.6 Å². The van der Waals surface area contributed by atoms with Gasteiger partial charge in [0.15, 0.2) is 5.82 Å². The Balaban J connectivity index is 0.000000327. The summed E-state index contributed by atoms with van der Waals surface area (Å²) in [5.41, 5.74) is 5.09. The largest absolute Gasteiger partial charge is 0.501 e. The molecule has 4 heterocycles. The molecule has 4 atom stereocenters. The number of hydrogen-bond acceptors (Lipinski definition) is 10. The number of aliphatic hydroxyl groups is 3. The van der Waals surface area contributed by atoms with Crippen molar-refractivity contribution in [1.29, 1.82) is 0 Å². The highest BCUT2D eigenvalue weighted by molar-refractivity contribution is 5.33. The van der Waals surface area contributed by atoms with Crippen LogP contribution in [0, 0.1) is 0 Å². The predicted molar refractivity (Wildman–Crippen MR) is 139 cm³/mol. The molecular weight excluding hydrogens is 484 g/mol. The van der Waals surface area contributed by atoms with Crippen molar-refractivity contribution in [2.75, 3.05) is 45.1 Å². The van der Waals surface area contributed by atoms with Crippen LogP contribution in [0.4, 0.5) is 11.6 Å². The van der Waals surface area contributed by atoms with Crippen LogP contribution < -0.4 is 26.6 Å². The van der Waals surface area contributed by atoms with Gasteiger partial charge < -0.3 is 35.4 Å². The molecule has 13 heteroatoms. The maximum absolute atomic E-state index is 11.9. The van der Waals surface area contributed by atoms with E-state index in [0.717, 1.165) is 32.8 Å². The van der Waals surface area contributed by atoms with Gasteiger partial charge in [-0.05, 0) is 25.3 Å². The van der Waals surface area contributed by atoms with Crippen LogP contribution >= 0.6 is 0 Å². The number of aliphatic hydroxyl groups excluding tert-OH is 3. The molecule has 0 amide bonds. The van der Waals surface area contributed by atoms with E-state index in [1.54, 1.807) is 36.5 Å². The second-order valence-corrected chi connectivity index (χ2v) is 8.30. The number of anilines is 2. The first-order valence-electron chi connectivity index (χ1n) is 12.4. The van der Waals surface area contributed by atoms with Crippen LogP contribution in [0.25, 0.3) is 0 Å². The van der Waals surface area contributed by atoms with Gasteiger partial charge in [0.1, 0.15) is 18.2 Å². The smallest absolute Gasteiger partial charge is 0.400 e. The van der Waals surface area contributed by atoms with Crippen molar-refractivity contribution in [3.63, 3.8) is 0 Å². The summed E-state index contributed by atoms with van der Waals surface area (Å²) in [6, 6.07) is 3.44. The lowest BCUT2D eigenvalue weighted by atomic mass is 10.2. The number of rotatable bonds is 5. The molecule has 0 radical (unpaired) electrons. The molecule has 0 bridgehead atoms. The van der Waals surface area contributed by atoms with E-state index in [1.807, 2.05) is 27.9 Å². The van der Waals surface area contributed by atoms with Gasteiger partial charge in [0.25, 0.3) is 0 Å². The third-order valence-electron chi connectivity index (χ3n) is 5.77. The van der Waals surface area contributed by atoms with Crippen LogP contribution in [-0.4, -0.2) is 76.1 Å². The lowest BCUT2D eigenvalue weighted by Crippen LogP contribution is -2.56. The molecule has 4 rings (SSSR count). The molecule has 2 aromatic heterocycles. The van der Waals surface area contributed by atoms with Crippen LogP contribution in [0.15, 0.2) is 34.1 Å². The molecule has 0 aliphatic carbocycles. The molecule has 0 spiro atoms. The average Bonchev–Trinajstić information content (AvgIpc) is 3.60. The quantitative estimate of drug-likeness (QED) is 0.373. The van der Waals surface area contributed by atoms with Crippen molar-refractivity contribution in [2.45, 2.75) is 64.2 Å². The fourth-order valence-corrected chi connectivity index (χ4v) is 3.76. The van der Waals surface area contributed by atoms with E-state index in [0.29, 0.717) is 11.6 Å². The summed E-state index contributed by atoms with van der Waals surface area (Å²) in [6.45, 7) is 3.99. The molecule has 0 aromatic carbocycles. The molecule has 2 aliphatic rings. The number of nitrogens with zero attached hydrogens (tertiary/aromatic N) is 5. The Kier molecular flexibility index (Phi) is 14.0. The molecule has 4 unspecified atom stereocenters. The third-order valence-corrected chi connectivity index (χ3v) is 5.77. The van der Waals surface area contributed by atoms with Crippen LogP contribution in [0.5, 0.6) is 0 Å². The van der Waals surface area contributed by atoms with Crippen LogP contribution in [0.3, 0.4) is 0 Å². The highest BCUT2D eigenvalue weighted by Crippen LogP contribution is 2.26. The zero-order chi connectivity index (χ0) is 28.1. The van der Waals surface area contributed by atoms with Crippen LogP contribution in [0.1, 0.15) is 52.0 Å². The summed E-state index contributed by atoms with van der Waals surface area (Å²) >= 11 is 0. The van der Waals surface area contributed by atoms with E-state index in [1.165, 1.54) is 13.7 Å². The van der Waals surface area contributed by atoms with Gasteiger partial charge in [0.2, 0.25) is 6.23 Å². The molecule has 210 valence electrons. The maximum Gasteiger partial charge on any atom is 0.501 e. The summed E-state index contributed by atoms with van der Waals surface area (Å²) in [5, 5.41) is 24.9. The summed E-state index contributed by atoms with van der Waals surface area (Å²) in [6.07, 6.45) is 5.38. The third kappa shape index (κ3) is 8.61. The van der Waals surface area contributed by atoms with Gasteiger partial charge in [-0.3, -0.25) is 4.57 Å². The Bertz CT molecular complexity index is 1060. The van der Waals surface area contributed by atoms with Gasteiger partial charge in [0, 0.05) is 39.9 Å². The van der Waals surface area contributed by atoms with Crippen LogP contribution in [0.2, 0.25) is 0 Å². The fourth-order valence-electron chi connectivity index (χ4n) is 3.76.